The highest BCUT2D eigenvalue weighted by atomic mass is 16.3. The third-order valence-corrected chi connectivity index (χ3v) is 5.54. The van der Waals surface area contributed by atoms with Crippen LogP contribution in [-0.4, -0.2) is 57.0 Å². The summed E-state index contributed by atoms with van der Waals surface area (Å²) in [6.07, 6.45) is 8.26. The van der Waals surface area contributed by atoms with Gasteiger partial charge < -0.3 is 14.9 Å². The first-order valence-corrected chi connectivity index (χ1v) is 9.57. The van der Waals surface area contributed by atoms with Crippen LogP contribution in [0.3, 0.4) is 0 Å². The first-order chi connectivity index (χ1) is 13.0. The normalized spacial score (nSPS) is 19.3. The van der Waals surface area contributed by atoms with Crippen LogP contribution >= 0.6 is 0 Å². The number of hydrogen-bond donors (Lipinski definition) is 1. The van der Waals surface area contributed by atoms with Gasteiger partial charge in [-0.05, 0) is 44.2 Å². The second-order valence-electron chi connectivity index (χ2n) is 7.50. The molecule has 7 heteroatoms. The molecule has 2 aliphatic rings. The Morgan fingerprint density at radius 1 is 1.07 bits per heavy atom. The number of pyridine rings is 1. The van der Waals surface area contributed by atoms with E-state index in [1.165, 1.54) is 0 Å². The molecule has 2 aromatic heterocycles. The molecule has 0 aliphatic carbocycles. The van der Waals surface area contributed by atoms with Crippen molar-refractivity contribution in [1.29, 1.82) is 0 Å². The zero-order valence-electron chi connectivity index (χ0n) is 15.6. The molecular formula is C20H25N5O2. The predicted octanol–water partition coefficient (Wildman–Crippen LogP) is 1.90. The Morgan fingerprint density at radius 3 is 2.48 bits per heavy atom. The fourth-order valence-electron chi connectivity index (χ4n) is 3.80. The Morgan fingerprint density at radius 2 is 1.81 bits per heavy atom. The van der Waals surface area contributed by atoms with Crippen LogP contribution in [-0.2, 0) is 5.60 Å². The van der Waals surface area contributed by atoms with Gasteiger partial charge >= 0.3 is 0 Å². The maximum atomic E-state index is 12.6. The number of carbonyl (C=O) groups excluding carboxylic acids is 1. The number of aliphatic hydroxyl groups is 1. The van der Waals surface area contributed by atoms with E-state index in [4.69, 9.17) is 0 Å². The van der Waals surface area contributed by atoms with E-state index in [-0.39, 0.29) is 5.91 Å². The van der Waals surface area contributed by atoms with Crippen molar-refractivity contribution in [3.63, 3.8) is 0 Å². The van der Waals surface area contributed by atoms with E-state index in [0.717, 1.165) is 37.2 Å². The van der Waals surface area contributed by atoms with Gasteiger partial charge in [0.1, 0.15) is 17.1 Å². The quantitative estimate of drug-likeness (QED) is 0.892. The van der Waals surface area contributed by atoms with E-state index in [1.54, 1.807) is 18.6 Å². The maximum Gasteiger partial charge on any atom is 0.274 e. The molecule has 0 radical (unpaired) electrons. The van der Waals surface area contributed by atoms with E-state index in [9.17, 15) is 9.90 Å². The third kappa shape index (κ3) is 3.64. The first kappa shape index (κ1) is 17.9. The minimum absolute atomic E-state index is 0.0424. The number of aryl methyl sites for hydroxylation is 1. The highest BCUT2D eigenvalue weighted by Gasteiger charge is 2.35. The standard InChI is InChI=1S/C20H25N5O2/c1-15-4-5-17(22-12-15)20(27)6-10-24(11-7-20)18-14-21-13-16(23-18)19(26)25-8-2-3-9-25/h4-5,12-14,27H,2-3,6-11H2,1H3. The molecule has 27 heavy (non-hydrogen) atoms. The van der Waals surface area contributed by atoms with Crippen molar-refractivity contribution in [3.8, 4) is 0 Å². The predicted molar refractivity (Wildman–Crippen MR) is 101 cm³/mol. The summed E-state index contributed by atoms with van der Waals surface area (Å²) in [4.78, 5) is 29.7. The van der Waals surface area contributed by atoms with Crippen molar-refractivity contribution in [3.05, 3.63) is 47.7 Å². The first-order valence-electron chi connectivity index (χ1n) is 9.57. The lowest BCUT2D eigenvalue weighted by Crippen LogP contribution is -2.43. The van der Waals surface area contributed by atoms with E-state index < -0.39 is 5.60 Å². The Balaban J connectivity index is 1.46. The molecule has 0 bridgehead atoms. The van der Waals surface area contributed by atoms with Crippen LogP contribution in [0.5, 0.6) is 0 Å². The molecule has 142 valence electrons. The zero-order chi connectivity index (χ0) is 18.9. The highest BCUT2D eigenvalue weighted by Crippen LogP contribution is 2.33. The van der Waals surface area contributed by atoms with Crippen molar-refractivity contribution in [2.75, 3.05) is 31.1 Å². The molecule has 0 spiro atoms. The van der Waals surface area contributed by atoms with Gasteiger partial charge in [0.2, 0.25) is 0 Å². The summed E-state index contributed by atoms with van der Waals surface area (Å²) in [5.74, 6) is 0.651. The molecule has 2 aliphatic heterocycles. The van der Waals surface area contributed by atoms with Crippen LogP contribution in [0.25, 0.3) is 0 Å². The van der Waals surface area contributed by atoms with Crippen LogP contribution in [0.2, 0.25) is 0 Å². The lowest BCUT2D eigenvalue weighted by atomic mass is 9.87. The van der Waals surface area contributed by atoms with Gasteiger partial charge in [-0.3, -0.25) is 14.8 Å². The van der Waals surface area contributed by atoms with Gasteiger partial charge in [0.05, 0.1) is 18.1 Å². The molecule has 2 fully saturated rings. The van der Waals surface area contributed by atoms with Gasteiger partial charge in [0.15, 0.2) is 0 Å². The van der Waals surface area contributed by atoms with Crippen molar-refractivity contribution in [1.82, 2.24) is 19.9 Å². The SMILES string of the molecule is Cc1ccc(C2(O)CCN(c3cncc(C(=O)N4CCCC4)n3)CC2)nc1. The Bertz CT molecular complexity index is 809. The number of hydrogen-bond acceptors (Lipinski definition) is 6. The Kier molecular flexibility index (Phi) is 4.78. The number of piperidine rings is 1. The molecule has 1 N–H and O–H groups in total. The molecule has 4 heterocycles. The lowest BCUT2D eigenvalue weighted by molar-refractivity contribution is 0.00745. The number of carbonyl (C=O) groups is 1. The van der Waals surface area contributed by atoms with Crippen LogP contribution in [0, 0.1) is 6.92 Å². The van der Waals surface area contributed by atoms with Gasteiger partial charge in [-0.15, -0.1) is 0 Å². The van der Waals surface area contributed by atoms with Crippen LogP contribution in [0.15, 0.2) is 30.7 Å². The summed E-state index contributed by atoms with van der Waals surface area (Å²) in [5.41, 5.74) is 1.28. The summed E-state index contributed by atoms with van der Waals surface area (Å²) in [6, 6.07) is 3.88. The zero-order valence-corrected chi connectivity index (χ0v) is 15.6. The molecule has 0 saturated carbocycles. The van der Waals surface area contributed by atoms with E-state index in [2.05, 4.69) is 19.9 Å². The molecule has 1 amide bonds. The van der Waals surface area contributed by atoms with E-state index >= 15 is 0 Å². The number of nitrogens with zero attached hydrogens (tertiary/aromatic N) is 5. The largest absolute Gasteiger partial charge is 0.383 e. The number of amides is 1. The van der Waals surface area contributed by atoms with Gasteiger partial charge in [0.25, 0.3) is 5.91 Å². The van der Waals surface area contributed by atoms with Crippen LogP contribution in [0.4, 0.5) is 5.82 Å². The van der Waals surface area contributed by atoms with E-state index in [0.29, 0.717) is 37.4 Å². The summed E-state index contributed by atoms with van der Waals surface area (Å²) < 4.78 is 0. The van der Waals surface area contributed by atoms with Gasteiger partial charge in [0, 0.05) is 32.4 Å². The molecule has 2 aromatic rings. The molecule has 7 nitrogen and oxygen atoms in total. The number of anilines is 1. The minimum atomic E-state index is -0.916. The van der Waals surface area contributed by atoms with Gasteiger partial charge in [-0.25, -0.2) is 4.98 Å². The van der Waals surface area contributed by atoms with E-state index in [1.807, 2.05) is 24.0 Å². The van der Waals surface area contributed by atoms with Crippen LogP contribution in [0.1, 0.15) is 47.4 Å². The average Bonchev–Trinajstić information content (AvgIpc) is 3.23. The van der Waals surface area contributed by atoms with Crippen molar-refractivity contribution >= 4 is 11.7 Å². The maximum absolute atomic E-state index is 12.6. The van der Waals surface area contributed by atoms with Gasteiger partial charge in [-0.2, -0.15) is 0 Å². The second kappa shape index (κ2) is 7.23. The highest BCUT2D eigenvalue weighted by molar-refractivity contribution is 5.92. The molecule has 0 atom stereocenters. The van der Waals surface area contributed by atoms with Crippen molar-refractivity contribution < 1.29 is 9.90 Å². The molecule has 0 unspecified atom stereocenters. The number of aromatic nitrogens is 3. The van der Waals surface area contributed by atoms with Crippen molar-refractivity contribution in [2.45, 2.75) is 38.2 Å². The number of rotatable bonds is 3. The average molecular weight is 367 g/mol. The smallest absolute Gasteiger partial charge is 0.274 e. The summed E-state index contributed by atoms with van der Waals surface area (Å²) in [7, 11) is 0. The molecule has 4 rings (SSSR count). The summed E-state index contributed by atoms with van der Waals surface area (Å²) in [5, 5.41) is 11.0. The minimum Gasteiger partial charge on any atom is -0.383 e. The number of likely N-dealkylation sites (tertiary alicyclic amines) is 1. The molecule has 2 saturated heterocycles. The fourth-order valence-corrected chi connectivity index (χ4v) is 3.80. The summed E-state index contributed by atoms with van der Waals surface area (Å²) >= 11 is 0. The summed E-state index contributed by atoms with van der Waals surface area (Å²) in [6.45, 7) is 4.86. The second-order valence-corrected chi connectivity index (χ2v) is 7.50. The monoisotopic (exact) mass is 367 g/mol. The van der Waals surface area contributed by atoms with Gasteiger partial charge in [-0.1, -0.05) is 6.07 Å². The topological polar surface area (TPSA) is 82.5 Å². The van der Waals surface area contributed by atoms with Crippen molar-refractivity contribution in [2.24, 2.45) is 0 Å². The van der Waals surface area contributed by atoms with Crippen LogP contribution < -0.4 is 4.90 Å². The third-order valence-electron chi connectivity index (χ3n) is 5.54. The Hall–Kier alpha value is -2.54. The Labute approximate surface area is 159 Å². The fraction of sp³-hybridized carbons (Fsp3) is 0.500. The lowest BCUT2D eigenvalue weighted by Gasteiger charge is -2.38. The molecule has 0 aromatic carbocycles. The molecular weight excluding hydrogens is 342 g/mol.